The van der Waals surface area contributed by atoms with Crippen molar-refractivity contribution < 1.29 is 13.3 Å². The van der Waals surface area contributed by atoms with E-state index in [9.17, 15) is 8.60 Å². The molecular weight excluding hydrogens is 445 g/mol. The van der Waals surface area contributed by atoms with E-state index in [2.05, 4.69) is 9.35 Å². The van der Waals surface area contributed by atoms with Crippen LogP contribution in [-0.4, -0.2) is 27.5 Å². The molecule has 164 valence electrons. The summed E-state index contributed by atoms with van der Waals surface area (Å²) < 4.78 is 36.3. The predicted molar refractivity (Wildman–Crippen MR) is 128 cm³/mol. The van der Waals surface area contributed by atoms with Gasteiger partial charge in [0.15, 0.2) is 5.82 Å². The van der Waals surface area contributed by atoms with Gasteiger partial charge in [-0.15, -0.1) is 11.3 Å². The second-order valence-electron chi connectivity index (χ2n) is 7.12. The van der Waals surface area contributed by atoms with Gasteiger partial charge in [0.1, 0.15) is 11.6 Å². The van der Waals surface area contributed by atoms with Crippen molar-refractivity contribution in [2.45, 2.75) is 18.2 Å². The highest BCUT2D eigenvalue weighted by atomic mass is 32.2. The van der Waals surface area contributed by atoms with Gasteiger partial charge < -0.3 is 4.74 Å². The molecule has 1 unspecified atom stereocenters. The number of nitrogens with zero attached hydrogens (tertiary/aromatic N) is 3. The van der Waals surface area contributed by atoms with E-state index in [1.165, 1.54) is 12.1 Å². The topological polar surface area (TPSA) is 64.4 Å². The fourth-order valence-electron chi connectivity index (χ4n) is 3.18. The van der Waals surface area contributed by atoms with Crippen molar-refractivity contribution in [3.05, 3.63) is 77.7 Å². The number of methoxy groups -OCH3 is 1. The molecule has 0 radical (unpaired) electrons. The summed E-state index contributed by atoms with van der Waals surface area (Å²) in [6, 6.07) is 17.0. The third-order valence-electron chi connectivity index (χ3n) is 4.86. The van der Waals surface area contributed by atoms with E-state index in [1.54, 1.807) is 67.3 Å². The lowest BCUT2D eigenvalue weighted by atomic mass is 10.1. The molecule has 4 aromatic rings. The van der Waals surface area contributed by atoms with Crippen LogP contribution in [0.15, 0.2) is 76.1 Å². The summed E-state index contributed by atoms with van der Waals surface area (Å²) in [4.78, 5) is 10.6. The molecule has 32 heavy (non-hydrogen) atoms. The number of hydrogen-bond acceptors (Lipinski definition) is 6. The van der Waals surface area contributed by atoms with Crippen molar-refractivity contribution in [3.8, 4) is 27.4 Å². The number of hydrogen-bond donors (Lipinski definition) is 0. The van der Waals surface area contributed by atoms with Gasteiger partial charge in [0, 0.05) is 22.9 Å². The Bertz CT molecular complexity index is 1360. The average Bonchev–Trinajstić information content (AvgIpc) is 3.24. The quantitative estimate of drug-likeness (QED) is 0.330. The van der Waals surface area contributed by atoms with Gasteiger partial charge in [0.2, 0.25) is 0 Å². The molecule has 0 N–H and O–H groups in total. The van der Waals surface area contributed by atoms with E-state index in [0.717, 1.165) is 33.1 Å². The number of pyridine rings is 1. The number of aryl methyl sites for hydroxylation is 1. The maximum Gasteiger partial charge on any atom is 0.162 e. The van der Waals surface area contributed by atoms with Crippen LogP contribution in [0.5, 0.6) is 5.75 Å². The van der Waals surface area contributed by atoms with Gasteiger partial charge in [-0.05, 0) is 72.6 Å². The van der Waals surface area contributed by atoms with E-state index >= 15 is 0 Å². The molecule has 0 aliphatic rings. The molecule has 2 aromatic heterocycles. The molecule has 0 saturated heterocycles. The Balaban J connectivity index is 1.76. The molecule has 0 bridgehead atoms. The van der Waals surface area contributed by atoms with E-state index in [4.69, 9.17) is 9.72 Å². The molecule has 2 heterocycles. The summed E-state index contributed by atoms with van der Waals surface area (Å²) in [5.41, 5.74) is 2.50. The van der Waals surface area contributed by atoms with Crippen molar-refractivity contribution in [1.29, 1.82) is 0 Å². The normalized spacial score (nSPS) is 12.9. The number of thiazole rings is 1. The monoisotopic (exact) mass is 467 g/mol. The van der Waals surface area contributed by atoms with Crippen molar-refractivity contribution in [2.24, 2.45) is 4.36 Å². The molecule has 1 atom stereocenters. The Labute approximate surface area is 191 Å². The second kappa shape index (κ2) is 9.18. The van der Waals surface area contributed by atoms with Crippen LogP contribution in [0, 0.1) is 5.82 Å². The molecule has 2 aromatic carbocycles. The van der Waals surface area contributed by atoms with E-state index in [0.29, 0.717) is 16.5 Å². The standard InChI is InChI=1S/C24H22FN3O2S2/c1-4-22-27-23(16-5-7-18(25)8-6-16)24(31-22)17-13-14-26-21(15-17)28-32(3,29)20-11-9-19(30-2)10-12-20/h5-15H,4H2,1-3H3. The SMILES string of the molecule is CCc1nc(-c2ccc(F)cc2)c(-c2ccnc(N=S(C)(=O)c3ccc(OC)cc3)c2)s1. The Kier molecular flexibility index (Phi) is 6.34. The van der Waals surface area contributed by atoms with E-state index in [1.807, 2.05) is 19.1 Å². The molecule has 5 nitrogen and oxygen atoms in total. The van der Waals surface area contributed by atoms with Gasteiger partial charge in [-0.3, -0.25) is 0 Å². The van der Waals surface area contributed by atoms with Gasteiger partial charge in [0.05, 0.1) is 32.4 Å². The van der Waals surface area contributed by atoms with Gasteiger partial charge >= 0.3 is 0 Å². The zero-order chi connectivity index (χ0) is 22.7. The van der Waals surface area contributed by atoms with Crippen LogP contribution in [0.2, 0.25) is 0 Å². The largest absolute Gasteiger partial charge is 0.497 e. The smallest absolute Gasteiger partial charge is 0.162 e. The van der Waals surface area contributed by atoms with Gasteiger partial charge in [-0.2, -0.15) is 4.36 Å². The zero-order valence-corrected chi connectivity index (χ0v) is 19.5. The number of halogens is 1. The summed E-state index contributed by atoms with van der Waals surface area (Å²) in [7, 11) is -1.12. The average molecular weight is 468 g/mol. The minimum absolute atomic E-state index is 0.289. The lowest BCUT2D eigenvalue weighted by Crippen LogP contribution is -1.97. The summed E-state index contributed by atoms with van der Waals surface area (Å²) >= 11 is 1.58. The molecule has 0 saturated carbocycles. The number of benzene rings is 2. The maximum absolute atomic E-state index is 13.4. The Morgan fingerprint density at radius 3 is 2.44 bits per heavy atom. The zero-order valence-electron chi connectivity index (χ0n) is 17.9. The van der Waals surface area contributed by atoms with Crippen LogP contribution in [0.25, 0.3) is 21.7 Å². The molecule has 0 amide bonds. The number of rotatable bonds is 6. The predicted octanol–water partition coefficient (Wildman–Crippen LogP) is 6.37. The van der Waals surface area contributed by atoms with Gasteiger partial charge in [-0.1, -0.05) is 6.92 Å². The molecule has 0 aliphatic heterocycles. The Hall–Kier alpha value is -3.10. The first kappa shape index (κ1) is 22.1. The van der Waals surface area contributed by atoms with E-state index in [-0.39, 0.29) is 5.82 Å². The van der Waals surface area contributed by atoms with Gasteiger partial charge in [0.25, 0.3) is 0 Å². The molecule has 0 fully saturated rings. The second-order valence-corrected chi connectivity index (χ2v) is 10.5. The fourth-order valence-corrected chi connectivity index (χ4v) is 5.41. The summed E-state index contributed by atoms with van der Waals surface area (Å²) in [6.07, 6.45) is 4.04. The van der Waals surface area contributed by atoms with Gasteiger partial charge in [-0.25, -0.2) is 18.6 Å². The van der Waals surface area contributed by atoms with Crippen LogP contribution >= 0.6 is 11.3 Å². The van der Waals surface area contributed by atoms with Crippen LogP contribution in [0.4, 0.5) is 10.2 Å². The molecule has 0 aliphatic carbocycles. The number of aromatic nitrogens is 2. The first-order valence-corrected chi connectivity index (χ1v) is 12.7. The first-order valence-electron chi connectivity index (χ1n) is 9.98. The highest BCUT2D eigenvalue weighted by molar-refractivity contribution is 7.93. The summed E-state index contributed by atoms with van der Waals surface area (Å²) in [5, 5.41) is 0.979. The fraction of sp³-hybridized carbons (Fsp3) is 0.167. The third kappa shape index (κ3) is 4.71. The molecular formula is C24H22FN3O2S2. The minimum atomic E-state index is -2.70. The highest BCUT2D eigenvalue weighted by Crippen LogP contribution is 2.38. The summed E-state index contributed by atoms with van der Waals surface area (Å²) in [6.45, 7) is 2.05. The van der Waals surface area contributed by atoms with Crippen LogP contribution in [0.1, 0.15) is 11.9 Å². The van der Waals surface area contributed by atoms with Crippen LogP contribution < -0.4 is 4.74 Å². The van der Waals surface area contributed by atoms with Crippen molar-refractivity contribution in [1.82, 2.24) is 9.97 Å². The molecule has 4 rings (SSSR count). The minimum Gasteiger partial charge on any atom is -0.497 e. The van der Waals surface area contributed by atoms with E-state index < -0.39 is 9.73 Å². The summed E-state index contributed by atoms with van der Waals surface area (Å²) in [5.74, 6) is 0.777. The van der Waals surface area contributed by atoms with Crippen molar-refractivity contribution >= 4 is 26.9 Å². The van der Waals surface area contributed by atoms with Crippen molar-refractivity contribution in [3.63, 3.8) is 0 Å². The van der Waals surface area contributed by atoms with Crippen LogP contribution in [-0.2, 0) is 16.1 Å². The Morgan fingerprint density at radius 1 is 1.06 bits per heavy atom. The first-order chi connectivity index (χ1) is 15.4. The molecule has 0 spiro atoms. The third-order valence-corrected chi connectivity index (χ3v) is 7.79. The highest BCUT2D eigenvalue weighted by Gasteiger charge is 2.16. The Morgan fingerprint density at radius 2 is 1.78 bits per heavy atom. The van der Waals surface area contributed by atoms with Crippen molar-refractivity contribution in [2.75, 3.05) is 13.4 Å². The van der Waals surface area contributed by atoms with Crippen LogP contribution in [0.3, 0.4) is 0 Å². The lowest BCUT2D eigenvalue weighted by molar-refractivity contribution is 0.414. The maximum atomic E-state index is 13.4. The molecule has 8 heteroatoms. The number of ether oxygens (including phenoxy) is 1. The lowest BCUT2D eigenvalue weighted by Gasteiger charge is -2.07.